The number of carbonyl (C=O) groups excluding carboxylic acids is 1. The van der Waals surface area contributed by atoms with Gasteiger partial charge in [-0.2, -0.15) is 0 Å². The Morgan fingerprint density at radius 1 is 1.20 bits per heavy atom. The molecule has 0 N–H and O–H groups in total. The molecule has 2 nitrogen and oxygen atoms in total. The largest absolute Gasteiger partial charge is 0.294 e. The van der Waals surface area contributed by atoms with Crippen LogP contribution in [-0.2, 0) is 4.79 Å². The van der Waals surface area contributed by atoms with E-state index in [0.29, 0.717) is 0 Å². The van der Waals surface area contributed by atoms with E-state index in [1.807, 2.05) is 36.6 Å². The Morgan fingerprint density at radius 3 is 3.00 bits per heavy atom. The van der Waals surface area contributed by atoms with Crippen molar-refractivity contribution in [3.63, 3.8) is 0 Å². The van der Waals surface area contributed by atoms with Crippen LogP contribution in [0.4, 0.5) is 0 Å². The van der Waals surface area contributed by atoms with Gasteiger partial charge in [-0.25, -0.2) is 0 Å². The van der Waals surface area contributed by atoms with Crippen LogP contribution >= 0.6 is 0 Å². The van der Waals surface area contributed by atoms with Gasteiger partial charge in [0.25, 0.3) is 0 Å². The molecular formula is C13H9NO. The summed E-state index contributed by atoms with van der Waals surface area (Å²) in [4.78, 5) is 16.1. The van der Waals surface area contributed by atoms with Crippen molar-refractivity contribution in [3.05, 3.63) is 59.3 Å². The minimum Gasteiger partial charge on any atom is -0.294 e. The third-order valence-corrected chi connectivity index (χ3v) is 2.77. The van der Waals surface area contributed by atoms with Gasteiger partial charge in [0.2, 0.25) is 0 Å². The molecule has 0 amide bonds. The van der Waals surface area contributed by atoms with Crippen molar-refractivity contribution >= 4 is 12.0 Å². The molecule has 1 aromatic carbocycles. The van der Waals surface area contributed by atoms with E-state index < -0.39 is 0 Å². The molecule has 1 aromatic rings. The maximum atomic E-state index is 11.8. The van der Waals surface area contributed by atoms with Gasteiger partial charge >= 0.3 is 0 Å². The van der Waals surface area contributed by atoms with Crippen molar-refractivity contribution in [1.29, 1.82) is 0 Å². The number of aliphatic imine (C=N–C) groups is 1. The molecule has 1 aliphatic heterocycles. The molecule has 0 saturated heterocycles. The van der Waals surface area contributed by atoms with Crippen LogP contribution in [0.15, 0.2) is 53.2 Å². The van der Waals surface area contributed by atoms with Crippen LogP contribution in [-0.4, -0.2) is 12.0 Å². The molecule has 1 unspecified atom stereocenters. The Kier molecular flexibility index (Phi) is 1.68. The van der Waals surface area contributed by atoms with E-state index in [0.717, 1.165) is 16.8 Å². The van der Waals surface area contributed by atoms with Crippen molar-refractivity contribution in [2.75, 3.05) is 0 Å². The van der Waals surface area contributed by atoms with Crippen LogP contribution in [0.3, 0.4) is 0 Å². The summed E-state index contributed by atoms with van der Waals surface area (Å²) in [5.74, 6) is -0.0620. The zero-order valence-electron chi connectivity index (χ0n) is 8.05. The standard InChI is InChI=1S/C13H9NO/c15-12-7-3-6-11-13(12)10-5-2-1-4-9(10)8-14-11/h1-8,13H. The molecule has 1 aliphatic carbocycles. The highest BCUT2D eigenvalue weighted by Gasteiger charge is 2.28. The fourth-order valence-electron chi connectivity index (χ4n) is 2.05. The van der Waals surface area contributed by atoms with E-state index in [2.05, 4.69) is 4.99 Å². The number of rotatable bonds is 0. The smallest absolute Gasteiger partial charge is 0.169 e. The van der Waals surface area contributed by atoms with Crippen LogP contribution in [0.1, 0.15) is 17.0 Å². The molecule has 0 bridgehead atoms. The zero-order valence-corrected chi connectivity index (χ0v) is 8.05. The van der Waals surface area contributed by atoms with Gasteiger partial charge in [-0.05, 0) is 23.3 Å². The van der Waals surface area contributed by atoms with Gasteiger partial charge in [0, 0.05) is 6.21 Å². The summed E-state index contributed by atoms with van der Waals surface area (Å²) in [6.07, 6.45) is 7.10. The highest BCUT2D eigenvalue weighted by atomic mass is 16.1. The Bertz CT molecular complexity index is 523. The van der Waals surface area contributed by atoms with Gasteiger partial charge in [-0.3, -0.25) is 9.79 Å². The molecule has 2 heteroatoms. The molecule has 1 atom stereocenters. The average molecular weight is 195 g/mol. The van der Waals surface area contributed by atoms with Gasteiger partial charge in [0.05, 0.1) is 11.6 Å². The van der Waals surface area contributed by atoms with E-state index in [1.54, 1.807) is 12.2 Å². The van der Waals surface area contributed by atoms with Crippen molar-refractivity contribution < 1.29 is 4.79 Å². The van der Waals surface area contributed by atoms with Gasteiger partial charge in [0.15, 0.2) is 5.78 Å². The third kappa shape index (κ3) is 1.18. The molecule has 72 valence electrons. The molecule has 1 heterocycles. The second-order valence-corrected chi connectivity index (χ2v) is 3.67. The minimum absolute atomic E-state index is 0.122. The third-order valence-electron chi connectivity index (χ3n) is 2.77. The number of nitrogens with zero attached hydrogens (tertiary/aromatic N) is 1. The summed E-state index contributed by atoms with van der Waals surface area (Å²) in [6.45, 7) is 0. The summed E-state index contributed by atoms with van der Waals surface area (Å²) >= 11 is 0. The van der Waals surface area contributed by atoms with Crippen molar-refractivity contribution in [3.8, 4) is 0 Å². The molecular weight excluding hydrogens is 186 g/mol. The summed E-state index contributed by atoms with van der Waals surface area (Å²) in [7, 11) is 0. The fraction of sp³-hybridized carbons (Fsp3) is 0.0769. The highest BCUT2D eigenvalue weighted by Crippen LogP contribution is 2.34. The number of ketones is 1. The Hall–Kier alpha value is -1.96. The zero-order chi connectivity index (χ0) is 10.3. The maximum absolute atomic E-state index is 11.8. The lowest BCUT2D eigenvalue weighted by Crippen LogP contribution is -2.19. The van der Waals surface area contributed by atoms with Crippen molar-refractivity contribution in [2.24, 2.45) is 4.99 Å². The molecule has 15 heavy (non-hydrogen) atoms. The van der Waals surface area contributed by atoms with Gasteiger partial charge < -0.3 is 0 Å². The Labute approximate surface area is 87.7 Å². The van der Waals surface area contributed by atoms with Gasteiger partial charge in [-0.15, -0.1) is 0 Å². The summed E-state index contributed by atoms with van der Waals surface area (Å²) in [5, 5.41) is 0. The molecule has 0 radical (unpaired) electrons. The summed E-state index contributed by atoms with van der Waals surface area (Å²) < 4.78 is 0. The van der Waals surface area contributed by atoms with E-state index in [-0.39, 0.29) is 11.7 Å². The predicted molar refractivity (Wildman–Crippen MR) is 59.0 cm³/mol. The van der Waals surface area contributed by atoms with E-state index in [4.69, 9.17) is 0 Å². The lowest BCUT2D eigenvalue weighted by atomic mass is 9.84. The first-order chi connectivity index (χ1) is 7.36. The van der Waals surface area contributed by atoms with Gasteiger partial charge in [0.1, 0.15) is 0 Å². The Balaban J connectivity index is 2.23. The van der Waals surface area contributed by atoms with E-state index in [1.165, 1.54) is 0 Å². The monoisotopic (exact) mass is 195 g/mol. The number of benzene rings is 1. The fourth-order valence-corrected chi connectivity index (χ4v) is 2.05. The van der Waals surface area contributed by atoms with Crippen molar-refractivity contribution in [1.82, 2.24) is 0 Å². The van der Waals surface area contributed by atoms with Crippen LogP contribution in [0.5, 0.6) is 0 Å². The molecule has 0 fully saturated rings. The molecule has 2 aliphatic rings. The number of carbonyl (C=O) groups is 1. The maximum Gasteiger partial charge on any atom is 0.169 e. The first-order valence-corrected chi connectivity index (χ1v) is 4.91. The summed E-state index contributed by atoms with van der Waals surface area (Å²) in [6, 6.07) is 7.90. The number of fused-ring (bicyclic) bond motifs is 3. The number of hydrogen-bond donors (Lipinski definition) is 0. The lowest BCUT2D eigenvalue weighted by molar-refractivity contribution is -0.115. The quantitative estimate of drug-likeness (QED) is 0.624. The normalized spacial score (nSPS) is 22.0. The lowest BCUT2D eigenvalue weighted by Gasteiger charge is -2.22. The van der Waals surface area contributed by atoms with Crippen LogP contribution in [0.2, 0.25) is 0 Å². The second kappa shape index (κ2) is 3.02. The minimum atomic E-state index is -0.184. The van der Waals surface area contributed by atoms with E-state index in [9.17, 15) is 4.79 Å². The van der Waals surface area contributed by atoms with Crippen LogP contribution in [0, 0.1) is 0 Å². The molecule has 0 saturated carbocycles. The topological polar surface area (TPSA) is 29.4 Å². The molecule has 0 spiro atoms. The van der Waals surface area contributed by atoms with Gasteiger partial charge in [-0.1, -0.05) is 30.3 Å². The Morgan fingerprint density at radius 2 is 2.07 bits per heavy atom. The van der Waals surface area contributed by atoms with E-state index >= 15 is 0 Å². The van der Waals surface area contributed by atoms with Crippen LogP contribution in [0.25, 0.3) is 0 Å². The van der Waals surface area contributed by atoms with Crippen molar-refractivity contribution in [2.45, 2.75) is 5.92 Å². The number of allylic oxidation sites excluding steroid dienone is 4. The first kappa shape index (κ1) is 8.36. The summed E-state index contributed by atoms with van der Waals surface area (Å²) in [5.41, 5.74) is 2.96. The SMILES string of the molecule is O=C1C=CC=C2N=Cc3ccccc3C12. The molecule has 3 rings (SSSR count). The number of hydrogen-bond acceptors (Lipinski definition) is 2. The predicted octanol–water partition coefficient (Wildman–Crippen LogP) is 2.23. The van der Waals surface area contributed by atoms with Crippen LogP contribution < -0.4 is 0 Å². The molecule has 0 aromatic heterocycles. The average Bonchev–Trinajstić information content (AvgIpc) is 2.29. The highest BCUT2D eigenvalue weighted by molar-refractivity contribution is 6.02. The first-order valence-electron chi connectivity index (χ1n) is 4.91. The second-order valence-electron chi connectivity index (χ2n) is 3.67.